The van der Waals surface area contributed by atoms with Gasteiger partial charge in [0, 0.05) is 43.3 Å². The van der Waals surface area contributed by atoms with Gasteiger partial charge < -0.3 is 11.5 Å². The number of hydrogen-bond donors (Lipinski definition) is 2. The fourth-order valence-electron chi connectivity index (χ4n) is 1.07. The molecule has 0 aliphatic carbocycles. The van der Waals surface area contributed by atoms with Crippen molar-refractivity contribution in [2.24, 2.45) is 16.5 Å². The van der Waals surface area contributed by atoms with Crippen molar-refractivity contribution in [2.75, 3.05) is 7.05 Å². The van der Waals surface area contributed by atoms with Crippen molar-refractivity contribution in [1.82, 2.24) is 4.98 Å². The first-order chi connectivity index (χ1) is 6.81. The summed E-state index contributed by atoms with van der Waals surface area (Å²) in [6.07, 6.45) is 4.94. The normalized spacial score (nSPS) is 12.3. The minimum Gasteiger partial charge on any atom is -0.404 e. The van der Waals surface area contributed by atoms with Gasteiger partial charge in [-0.2, -0.15) is 0 Å². The molecule has 1 aromatic rings. The summed E-state index contributed by atoms with van der Waals surface area (Å²) < 4.78 is 0. The highest BCUT2D eigenvalue weighted by Gasteiger charge is 1.98. The highest BCUT2D eigenvalue weighted by Crippen LogP contribution is 2.10. The summed E-state index contributed by atoms with van der Waals surface area (Å²) in [5.74, 6) is 0. The van der Waals surface area contributed by atoms with E-state index < -0.39 is 0 Å². The maximum Gasteiger partial charge on any atom is 0.0539 e. The van der Waals surface area contributed by atoms with Crippen LogP contribution < -0.4 is 11.5 Å². The van der Waals surface area contributed by atoms with E-state index >= 15 is 0 Å². The molecule has 0 saturated carbocycles. The van der Waals surface area contributed by atoms with Crippen LogP contribution in [0.5, 0.6) is 0 Å². The zero-order valence-corrected chi connectivity index (χ0v) is 8.14. The second kappa shape index (κ2) is 5.14. The number of hydrogen-bond acceptors (Lipinski definition) is 4. The van der Waals surface area contributed by atoms with E-state index in [0.29, 0.717) is 6.54 Å². The molecule has 0 bridgehead atoms. The zero-order chi connectivity index (χ0) is 10.4. The molecule has 4 nitrogen and oxygen atoms in total. The van der Waals surface area contributed by atoms with E-state index in [9.17, 15) is 0 Å². The smallest absolute Gasteiger partial charge is 0.0539 e. The first-order valence-corrected chi connectivity index (χ1v) is 4.31. The van der Waals surface area contributed by atoms with Crippen molar-refractivity contribution in [3.63, 3.8) is 0 Å². The van der Waals surface area contributed by atoms with Gasteiger partial charge in [0.25, 0.3) is 0 Å². The Labute approximate surface area is 83.4 Å². The van der Waals surface area contributed by atoms with Crippen LogP contribution in [-0.2, 0) is 6.54 Å². The lowest BCUT2D eigenvalue weighted by Crippen LogP contribution is -2.00. The third kappa shape index (κ3) is 2.40. The van der Waals surface area contributed by atoms with E-state index in [2.05, 4.69) is 9.98 Å². The lowest BCUT2D eigenvalue weighted by molar-refractivity contribution is 0.989. The second-order valence-electron chi connectivity index (χ2n) is 2.75. The predicted molar refractivity (Wildman–Crippen MR) is 58.7 cm³/mol. The molecule has 0 aromatic carbocycles. The number of pyridine rings is 1. The molecule has 4 heteroatoms. The van der Waals surface area contributed by atoms with Gasteiger partial charge in [0.15, 0.2) is 0 Å². The van der Waals surface area contributed by atoms with E-state index in [4.69, 9.17) is 11.5 Å². The molecule has 0 fully saturated rings. The standard InChI is InChI=1S/C10H14N4/c1-13-6-9(4-11)8-2-3-10(5-12)14-7-8/h2-4,6-7H,5,11-12H2,1H3. The first-order valence-electron chi connectivity index (χ1n) is 4.31. The largest absolute Gasteiger partial charge is 0.404 e. The van der Waals surface area contributed by atoms with Gasteiger partial charge in [-0.15, -0.1) is 0 Å². The minimum atomic E-state index is 0.448. The van der Waals surface area contributed by atoms with Gasteiger partial charge in [-0.1, -0.05) is 6.07 Å². The van der Waals surface area contributed by atoms with E-state index in [1.54, 1.807) is 19.5 Å². The molecule has 4 N–H and O–H groups in total. The highest BCUT2D eigenvalue weighted by molar-refractivity contribution is 6.09. The van der Waals surface area contributed by atoms with Crippen molar-refractivity contribution >= 4 is 11.8 Å². The van der Waals surface area contributed by atoms with E-state index in [1.807, 2.05) is 12.1 Å². The molecule has 0 aliphatic heterocycles. The Hall–Kier alpha value is -1.68. The number of nitrogens with zero attached hydrogens (tertiary/aromatic N) is 2. The lowest BCUT2D eigenvalue weighted by atomic mass is 10.1. The maximum atomic E-state index is 5.46. The SMILES string of the molecule is CN=CC(=CN)c1ccc(CN)nc1. The quantitative estimate of drug-likeness (QED) is 0.683. The third-order valence-electron chi connectivity index (χ3n) is 1.81. The summed E-state index contributed by atoms with van der Waals surface area (Å²) in [7, 11) is 1.70. The Morgan fingerprint density at radius 1 is 1.57 bits per heavy atom. The predicted octanol–water partition coefficient (Wildman–Crippen LogP) is 0.541. The van der Waals surface area contributed by atoms with E-state index in [0.717, 1.165) is 16.8 Å². The van der Waals surface area contributed by atoms with Gasteiger partial charge in [-0.25, -0.2) is 0 Å². The molecular weight excluding hydrogens is 176 g/mol. The Bertz CT molecular complexity index is 338. The van der Waals surface area contributed by atoms with Gasteiger partial charge in [0.1, 0.15) is 0 Å². The number of rotatable bonds is 3. The van der Waals surface area contributed by atoms with Crippen LogP contribution in [0.15, 0.2) is 29.5 Å². The summed E-state index contributed by atoms with van der Waals surface area (Å²) in [4.78, 5) is 8.07. The first kappa shape index (κ1) is 10.4. The molecule has 0 spiro atoms. The molecule has 0 unspecified atom stereocenters. The van der Waals surface area contributed by atoms with E-state index in [-0.39, 0.29) is 0 Å². The Kier molecular flexibility index (Phi) is 3.82. The molecule has 0 atom stereocenters. The van der Waals surface area contributed by atoms with Crippen molar-refractivity contribution in [3.05, 3.63) is 35.8 Å². The summed E-state index contributed by atoms with van der Waals surface area (Å²) in [5.41, 5.74) is 13.5. The summed E-state index contributed by atoms with van der Waals surface area (Å²) in [6.45, 7) is 0.448. The van der Waals surface area contributed by atoms with Gasteiger partial charge in [0.05, 0.1) is 5.69 Å². The van der Waals surface area contributed by atoms with Crippen LogP contribution in [0.2, 0.25) is 0 Å². The molecular formula is C10H14N4. The Morgan fingerprint density at radius 2 is 2.36 bits per heavy atom. The molecule has 0 amide bonds. The summed E-state index contributed by atoms with van der Waals surface area (Å²) in [5, 5.41) is 0. The molecule has 0 aliphatic rings. The van der Waals surface area contributed by atoms with Crippen LogP contribution in [0, 0.1) is 0 Å². The van der Waals surface area contributed by atoms with Gasteiger partial charge in [-0.3, -0.25) is 9.98 Å². The fourth-order valence-corrected chi connectivity index (χ4v) is 1.07. The van der Waals surface area contributed by atoms with Crippen LogP contribution >= 0.6 is 0 Å². The Morgan fingerprint density at radius 3 is 2.79 bits per heavy atom. The number of aromatic nitrogens is 1. The van der Waals surface area contributed by atoms with Crippen molar-refractivity contribution in [1.29, 1.82) is 0 Å². The topological polar surface area (TPSA) is 77.3 Å². The molecule has 14 heavy (non-hydrogen) atoms. The van der Waals surface area contributed by atoms with Gasteiger partial charge in [-0.05, 0) is 6.07 Å². The number of allylic oxidation sites excluding steroid dienone is 1. The van der Waals surface area contributed by atoms with Crippen LogP contribution in [0.4, 0.5) is 0 Å². The lowest BCUT2D eigenvalue weighted by Gasteiger charge is -2.01. The summed E-state index contributed by atoms with van der Waals surface area (Å²) in [6, 6.07) is 3.80. The maximum absolute atomic E-state index is 5.46. The van der Waals surface area contributed by atoms with Crippen molar-refractivity contribution in [2.45, 2.75) is 6.54 Å². The highest BCUT2D eigenvalue weighted by atomic mass is 14.7. The zero-order valence-electron chi connectivity index (χ0n) is 8.14. The second-order valence-corrected chi connectivity index (χ2v) is 2.75. The van der Waals surface area contributed by atoms with Gasteiger partial charge in [0.2, 0.25) is 0 Å². The Balaban J connectivity index is 2.96. The molecule has 0 saturated heterocycles. The minimum absolute atomic E-state index is 0.448. The van der Waals surface area contributed by atoms with E-state index in [1.165, 1.54) is 6.20 Å². The molecule has 1 heterocycles. The van der Waals surface area contributed by atoms with Crippen LogP contribution in [0.25, 0.3) is 5.57 Å². The van der Waals surface area contributed by atoms with Crippen LogP contribution in [0.3, 0.4) is 0 Å². The number of nitrogens with two attached hydrogens (primary N) is 2. The van der Waals surface area contributed by atoms with Crippen molar-refractivity contribution in [3.8, 4) is 0 Å². The molecule has 0 radical (unpaired) electrons. The summed E-state index contributed by atoms with van der Waals surface area (Å²) >= 11 is 0. The third-order valence-corrected chi connectivity index (χ3v) is 1.81. The van der Waals surface area contributed by atoms with Crippen LogP contribution in [0.1, 0.15) is 11.3 Å². The monoisotopic (exact) mass is 190 g/mol. The molecule has 1 aromatic heterocycles. The average molecular weight is 190 g/mol. The fraction of sp³-hybridized carbons (Fsp3) is 0.200. The molecule has 1 rings (SSSR count). The molecule has 74 valence electrons. The van der Waals surface area contributed by atoms with Gasteiger partial charge >= 0.3 is 0 Å². The number of aliphatic imine (C=N–C) groups is 1. The van der Waals surface area contributed by atoms with Crippen molar-refractivity contribution < 1.29 is 0 Å². The average Bonchev–Trinajstić information content (AvgIpc) is 2.26. The van der Waals surface area contributed by atoms with Crippen LogP contribution in [-0.4, -0.2) is 18.2 Å².